The number of aliphatic imine (C=N–C) groups is 2. The maximum Gasteiger partial charge on any atom is 0.161 e. The Morgan fingerprint density at radius 1 is 0.468 bits per heavy atom. The van der Waals surface area contributed by atoms with Gasteiger partial charge < -0.3 is 4.74 Å². The Hall–Kier alpha value is -7.02. The van der Waals surface area contributed by atoms with Crippen LogP contribution in [0.1, 0.15) is 61.6 Å². The van der Waals surface area contributed by atoms with Gasteiger partial charge in [0.1, 0.15) is 18.9 Å². The summed E-state index contributed by atoms with van der Waals surface area (Å²) < 4.78 is 8.91. The number of halogens is 1. The van der Waals surface area contributed by atoms with Crippen molar-refractivity contribution in [2.75, 3.05) is 0 Å². The van der Waals surface area contributed by atoms with E-state index in [2.05, 4.69) is 206 Å². The lowest BCUT2D eigenvalue weighted by molar-refractivity contribution is 0.436. The van der Waals surface area contributed by atoms with Crippen LogP contribution in [0.5, 0.6) is 11.5 Å². The van der Waals surface area contributed by atoms with Crippen molar-refractivity contribution in [3.63, 3.8) is 0 Å². The van der Waals surface area contributed by atoms with Crippen molar-refractivity contribution in [2.45, 2.75) is 17.8 Å². The van der Waals surface area contributed by atoms with Gasteiger partial charge in [0.25, 0.3) is 0 Å². The Morgan fingerprint density at radius 3 is 1.89 bits per heavy atom. The van der Waals surface area contributed by atoms with E-state index in [1.807, 2.05) is 0 Å². The summed E-state index contributed by atoms with van der Waals surface area (Å²) >= 11 is -0.561. The number of ether oxygens (including phenoxy) is 1. The molecule has 0 amide bonds. The van der Waals surface area contributed by atoms with Crippen LogP contribution in [0.4, 0.5) is 0 Å². The van der Waals surface area contributed by atoms with Gasteiger partial charge in [0.2, 0.25) is 0 Å². The lowest BCUT2D eigenvalue weighted by atomic mass is 9.66. The standard InChI is InChI=1S/C58H37IN2O/c1-3-16-36(17-4-1)55-59-56(37-18-5-2-6-19-37)61-57(60-55)40-31-32-41-38(34-40)30-33-44-46(42-21-7-8-22-43(42)54(41)44)35-39-20-15-27-50-53(39)45-23-9-10-24-47(45)58(50)48-25-11-13-28-51(48)62-52-29-14-12-26-49(52)58/h1-34,46H,35H2. The molecule has 0 radical (unpaired) electrons. The zero-order chi connectivity index (χ0) is 40.8. The van der Waals surface area contributed by atoms with Crippen LogP contribution >= 0.6 is 20.7 Å². The predicted octanol–water partition coefficient (Wildman–Crippen LogP) is 14.0. The summed E-state index contributed by atoms with van der Waals surface area (Å²) in [4.78, 5) is 10.5. The van der Waals surface area contributed by atoms with Crippen LogP contribution in [0.3, 0.4) is 0 Å². The van der Waals surface area contributed by atoms with Gasteiger partial charge in [0, 0.05) is 33.7 Å². The lowest BCUT2D eigenvalue weighted by Gasteiger charge is -2.39. The number of fused-ring (bicyclic) bond motifs is 14. The third-order valence-corrected chi connectivity index (χ3v) is 16.0. The fourth-order valence-electron chi connectivity index (χ4n) is 10.7. The second-order valence-electron chi connectivity index (χ2n) is 16.5. The first-order valence-corrected chi connectivity index (χ1v) is 23.5. The number of nitrogens with zero attached hydrogens (tertiary/aromatic N) is 2. The van der Waals surface area contributed by atoms with Crippen molar-refractivity contribution < 1.29 is 4.74 Å². The second-order valence-corrected chi connectivity index (χ2v) is 19.1. The maximum absolute atomic E-state index is 6.62. The molecule has 1 spiro atoms. The number of para-hydroxylation sites is 2. The molecule has 9 aromatic carbocycles. The maximum atomic E-state index is 6.62. The third kappa shape index (κ3) is 5.26. The van der Waals surface area contributed by atoms with Gasteiger partial charge in [0.05, 0.1) is 5.41 Å². The highest BCUT2D eigenvalue weighted by Gasteiger charge is 2.51. The Kier molecular flexibility index (Phi) is 8.07. The quantitative estimate of drug-likeness (QED) is 0.158. The van der Waals surface area contributed by atoms with Crippen LogP contribution in [0, 0.1) is 0 Å². The van der Waals surface area contributed by atoms with Gasteiger partial charge in [-0.25, -0.2) is 9.98 Å². The van der Waals surface area contributed by atoms with E-state index in [4.69, 9.17) is 14.7 Å². The molecule has 3 nitrogen and oxygen atoms in total. The summed E-state index contributed by atoms with van der Waals surface area (Å²) in [6.45, 7) is 0. The molecule has 0 N–H and O–H groups in total. The Balaban J connectivity index is 0.940. The molecule has 1 unspecified atom stereocenters. The molecule has 0 saturated carbocycles. The molecular weight excluding hydrogens is 868 g/mol. The van der Waals surface area contributed by atoms with Gasteiger partial charge in [-0.15, -0.1) is 0 Å². The molecule has 0 fully saturated rings. The first kappa shape index (κ1) is 35.7. The predicted molar refractivity (Wildman–Crippen MR) is 263 cm³/mol. The summed E-state index contributed by atoms with van der Waals surface area (Å²) in [7, 11) is 0. The molecule has 4 aliphatic rings. The third-order valence-electron chi connectivity index (χ3n) is 13.3. The van der Waals surface area contributed by atoms with Crippen LogP contribution in [0.25, 0.3) is 33.0 Å². The van der Waals surface area contributed by atoms with Crippen molar-refractivity contribution in [1.29, 1.82) is 0 Å². The van der Waals surface area contributed by atoms with Crippen LogP contribution in [0.2, 0.25) is 0 Å². The number of hydrogen-bond acceptors (Lipinski definition) is 3. The average molecular weight is 905 g/mol. The molecule has 4 heteroatoms. The number of rotatable bonds is 5. The molecule has 2 aliphatic heterocycles. The Morgan fingerprint density at radius 2 is 1.11 bits per heavy atom. The topological polar surface area (TPSA) is 34.0 Å². The molecular formula is C58H37IN2O. The van der Waals surface area contributed by atoms with Crippen molar-refractivity contribution in [1.82, 2.24) is 0 Å². The van der Waals surface area contributed by atoms with E-state index < -0.39 is 26.1 Å². The first-order chi connectivity index (χ1) is 30.7. The highest BCUT2D eigenvalue weighted by molar-refractivity contribution is 14.2. The van der Waals surface area contributed by atoms with E-state index in [1.54, 1.807) is 0 Å². The minimum Gasteiger partial charge on any atom is -0.457 e. The molecule has 292 valence electrons. The summed E-state index contributed by atoms with van der Waals surface area (Å²) in [5.41, 5.74) is 17.4. The molecule has 0 aromatic heterocycles. The smallest absolute Gasteiger partial charge is 0.161 e. The van der Waals surface area contributed by atoms with Gasteiger partial charge >= 0.3 is 0 Å². The van der Waals surface area contributed by atoms with Crippen LogP contribution in [0.15, 0.2) is 216 Å². The van der Waals surface area contributed by atoms with E-state index in [9.17, 15) is 0 Å². The van der Waals surface area contributed by atoms with Crippen LogP contribution in [-0.2, 0) is 11.8 Å². The Labute approximate surface area is 370 Å². The average Bonchev–Trinajstić information content (AvgIpc) is 3.82. The zero-order valence-electron chi connectivity index (χ0n) is 33.6. The lowest BCUT2D eigenvalue weighted by Crippen LogP contribution is -2.32. The molecule has 0 bridgehead atoms. The molecule has 2 aliphatic carbocycles. The molecule has 13 rings (SSSR count). The summed E-state index contributed by atoms with van der Waals surface area (Å²) in [5.74, 6) is 2.81. The fourth-order valence-corrected chi connectivity index (χ4v) is 13.2. The molecule has 0 saturated heterocycles. The van der Waals surface area contributed by atoms with Gasteiger partial charge in [0.15, 0.2) is 5.84 Å². The van der Waals surface area contributed by atoms with Crippen molar-refractivity contribution in [3.05, 3.63) is 262 Å². The van der Waals surface area contributed by atoms with E-state index in [1.165, 1.54) is 83.1 Å². The van der Waals surface area contributed by atoms with Crippen molar-refractivity contribution in [3.8, 4) is 33.8 Å². The zero-order valence-corrected chi connectivity index (χ0v) is 35.8. The van der Waals surface area contributed by atoms with E-state index in [0.717, 1.165) is 36.7 Å². The minimum absolute atomic E-state index is 0.197. The number of amidine groups is 1. The van der Waals surface area contributed by atoms with Gasteiger partial charge in [-0.2, -0.15) is 0 Å². The van der Waals surface area contributed by atoms with Crippen LogP contribution < -0.4 is 4.74 Å². The molecule has 1 atom stereocenters. The summed E-state index contributed by atoms with van der Waals surface area (Å²) in [6, 6.07) is 75.2. The summed E-state index contributed by atoms with van der Waals surface area (Å²) in [5, 5.41) is 2.47. The van der Waals surface area contributed by atoms with Crippen LogP contribution in [-0.4, -0.2) is 13.2 Å². The van der Waals surface area contributed by atoms with E-state index in [0.29, 0.717) is 0 Å². The van der Waals surface area contributed by atoms with Gasteiger partial charge in [-0.1, -0.05) is 188 Å². The second kappa shape index (κ2) is 14.0. The fraction of sp³-hybridized carbons (Fsp3) is 0.0517. The highest BCUT2D eigenvalue weighted by atomic mass is 127. The summed E-state index contributed by atoms with van der Waals surface area (Å²) in [6.07, 6.45) is 0.885. The van der Waals surface area contributed by atoms with Gasteiger partial charge in [-0.3, -0.25) is 0 Å². The monoisotopic (exact) mass is 904 g/mol. The highest BCUT2D eigenvalue weighted by Crippen LogP contribution is 2.63. The van der Waals surface area contributed by atoms with E-state index in [-0.39, 0.29) is 5.92 Å². The van der Waals surface area contributed by atoms with E-state index >= 15 is 0 Å². The molecule has 2 heterocycles. The normalized spacial score (nSPS) is 16.0. The molecule has 62 heavy (non-hydrogen) atoms. The number of benzene rings is 9. The Bertz CT molecular complexity index is 3330. The van der Waals surface area contributed by atoms with Crippen molar-refractivity contribution >= 4 is 44.7 Å². The molecule has 9 aromatic rings. The van der Waals surface area contributed by atoms with Gasteiger partial charge in [-0.05, 0) is 106 Å². The number of hydrogen-bond donors (Lipinski definition) is 0. The first-order valence-electron chi connectivity index (χ1n) is 21.3. The SMILES string of the molecule is c1ccc(C2=NC(c3ccc4c5c(ccc4c3)C(Cc3cccc4c3-c3ccccc3C43c4ccccc4Oc4ccccc43)c3ccccc3-5)=NC(c3ccccc3)=I2)cc1. The van der Waals surface area contributed by atoms with Crippen molar-refractivity contribution in [2.24, 2.45) is 9.98 Å². The largest absolute Gasteiger partial charge is 0.457 e. The minimum atomic E-state index is -0.561.